The van der Waals surface area contributed by atoms with Crippen molar-refractivity contribution >= 4 is 0 Å². The Morgan fingerprint density at radius 3 is 2.93 bits per heavy atom. The second kappa shape index (κ2) is 4.04. The fourth-order valence-corrected chi connectivity index (χ4v) is 2.07. The summed E-state index contributed by atoms with van der Waals surface area (Å²) in [6.07, 6.45) is 3.96. The summed E-state index contributed by atoms with van der Waals surface area (Å²) in [6.45, 7) is 4.51. The summed E-state index contributed by atoms with van der Waals surface area (Å²) in [7, 11) is 0. The molecule has 1 aromatic rings. The molecular formula is C13H18O. The molecule has 1 aromatic carbocycles. The molecule has 76 valence electrons. The van der Waals surface area contributed by atoms with Crippen molar-refractivity contribution in [3.05, 3.63) is 29.8 Å². The van der Waals surface area contributed by atoms with E-state index in [0.29, 0.717) is 6.10 Å². The molecule has 1 unspecified atom stereocenters. The van der Waals surface area contributed by atoms with Crippen molar-refractivity contribution < 1.29 is 4.74 Å². The number of ether oxygens (including phenoxy) is 1. The highest BCUT2D eigenvalue weighted by Crippen LogP contribution is 2.29. The number of para-hydroxylation sites is 1. The van der Waals surface area contributed by atoms with Gasteiger partial charge in [0.05, 0.1) is 6.10 Å². The predicted molar refractivity (Wildman–Crippen MR) is 58.6 cm³/mol. The molecule has 0 aliphatic carbocycles. The van der Waals surface area contributed by atoms with Gasteiger partial charge in [-0.3, -0.25) is 0 Å². The molecule has 0 N–H and O–H groups in total. The van der Waals surface area contributed by atoms with Gasteiger partial charge in [0.2, 0.25) is 0 Å². The molecule has 0 bridgehead atoms. The van der Waals surface area contributed by atoms with E-state index in [2.05, 4.69) is 38.1 Å². The van der Waals surface area contributed by atoms with Gasteiger partial charge in [-0.05, 0) is 36.8 Å². The lowest BCUT2D eigenvalue weighted by atomic mass is 9.96. The maximum Gasteiger partial charge on any atom is 0.122 e. The maximum absolute atomic E-state index is 5.94. The number of fused-ring (bicyclic) bond motifs is 1. The van der Waals surface area contributed by atoms with Gasteiger partial charge in [0.1, 0.15) is 5.75 Å². The van der Waals surface area contributed by atoms with Gasteiger partial charge in [0.15, 0.2) is 0 Å². The van der Waals surface area contributed by atoms with Crippen LogP contribution in [0.4, 0.5) is 0 Å². The molecule has 1 heteroatoms. The molecule has 14 heavy (non-hydrogen) atoms. The van der Waals surface area contributed by atoms with Gasteiger partial charge < -0.3 is 4.74 Å². The van der Waals surface area contributed by atoms with E-state index >= 15 is 0 Å². The highest BCUT2D eigenvalue weighted by atomic mass is 16.5. The summed E-state index contributed by atoms with van der Waals surface area (Å²) in [5, 5.41) is 0. The zero-order valence-corrected chi connectivity index (χ0v) is 8.99. The van der Waals surface area contributed by atoms with Crippen molar-refractivity contribution in [2.75, 3.05) is 0 Å². The van der Waals surface area contributed by atoms with Crippen molar-refractivity contribution in [1.82, 2.24) is 0 Å². The van der Waals surface area contributed by atoms with Crippen LogP contribution in [0.1, 0.15) is 32.3 Å². The van der Waals surface area contributed by atoms with E-state index in [-0.39, 0.29) is 0 Å². The van der Waals surface area contributed by atoms with Crippen LogP contribution in [-0.4, -0.2) is 6.10 Å². The Bertz CT molecular complexity index is 304. The summed E-state index contributed by atoms with van der Waals surface area (Å²) >= 11 is 0. The zero-order valence-electron chi connectivity index (χ0n) is 8.99. The van der Waals surface area contributed by atoms with E-state index in [9.17, 15) is 0 Å². The fraction of sp³-hybridized carbons (Fsp3) is 0.538. The Balaban J connectivity index is 2.06. The average Bonchev–Trinajstić information content (AvgIpc) is 2.17. The first-order valence-corrected chi connectivity index (χ1v) is 5.50. The summed E-state index contributed by atoms with van der Waals surface area (Å²) in [5.74, 6) is 1.83. The number of aryl methyl sites for hydroxylation is 1. The molecule has 1 aliphatic heterocycles. The molecule has 0 amide bonds. The van der Waals surface area contributed by atoms with E-state index in [1.807, 2.05) is 0 Å². The fourth-order valence-electron chi connectivity index (χ4n) is 2.07. The average molecular weight is 190 g/mol. The Kier molecular flexibility index (Phi) is 2.76. The van der Waals surface area contributed by atoms with Crippen LogP contribution in [-0.2, 0) is 6.42 Å². The first-order valence-electron chi connectivity index (χ1n) is 5.50. The smallest absolute Gasteiger partial charge is 0.122 e. The van der Waals surface area contributed by atoms with E-state index in [4.69, 9.17) is 4.74 Å². The minimum Gasteiger partial charge on any atom is -0.490 e. The van der Waals surface area contributed by atoms with E-state index in [1.54, 1.807) is 0 Å². The molecule has 2 rings (SSSR count). The second-order valence-corrected chi connectivity index (χ2v) is 4.52. The SMILES string of the molecule is CC(C)CC1CCc2ccccc2O1. The molecule has 0 aromatic heterocycles. The Morgan fingerprint density at radius 2 is 2.14 bits per heavy atom. The van der Waals surface area contributed by atoms with Crippen LogP contribution < -0.4 is 4.74 Å². The third-order valence-electron chi connectivity index (χ3n) is 2.74. The molecule has 1 atom stereocenters. The van der Waals surface area contributed by atoms with E-state index in [0.717, 1.165) is 11.7 Å². The van der Waals surface area contributed by atoms with Crippen LogP contribution in [0.2, 0.25) is 0 Å². The van der Waals surface area contributed by atoms with Gasteiger partial charge >= 0.3 is 0 Å². The number of rotatable bonds is 2. The maximum atomic E-state index is 5.94. The van der Waals surface area contributed by atoms with Crippen molar-refractivity contribution in [2.45, 2.75) is 39.2 Å². The first-order chi connectivity index (χ1) is 6.75. The van der Waals surface area contributed by atoms with Crippen LogP contribution in [0.3, 0.4) is 0 Å². The minimum atomic E-state index is 0.435. The number of hydrogen-bond donors (Lipinski definition) is 0. The molecular weight excluding hydrogens is 172 g/mol. The van der Waals surface area contributed by atoms with Gasteiger partial charge in [-0.25, -0.2) is 0 Å². The Morgan fingerprint density at radius 1 is 1.36 bits per heavy atom. The van der Waals surface area contributed by atoms with E-state index < -0.39 is 0 Å². The number of hydrogen-bond acceptors (Lipinski definition) is 1. The lowest BCUT2D eigenvalue weighted by molar-refractivity contribution is 0.149. The minimum absolute atomic E-state index is 0.435. The zero-order chi connectivity index (χ0) is 9.97. The molecule has 0 fully saturated rings. The molecule has 0 spiro atoms. The third-order valence-corrected chi connectivity index (χ3v) is 2.74. The molecule has 0 saturated heterocycles. The van der Waals surface area contributed by atoms with E-state index in [1.165, 1.54) is 24.8 Å². The summed E-state index contributed by atoms with van der Waals surface area (Å²) in [6, 6.07) is 8.39. The molecule has 1 heterocycles. The van der Waals surface area contributed by atoms with Crippen molar-refractivity contribution in [1.29, 1.82) is 0 Å². The second-order valence-electron chi connectivity index (χ2n) is 4.52. The highest BCUT2D eigenvalue weighted by molar-refractivity contribution is 5.35. The lowest BCUT2D eigenvalue weighted by Crippen LogP contribution is -2.24. The third kappa shape index (κ3) is 2.09. The van der Waals surface area contributed by atoms with Crippen LogP contribution >= 0.6 is 0 Å². The quantitative estimate of drug-likeness (QED) is 0.694. The predicted octanol–water partition coefficient (Wildman–Crippen LogP) is 3.43. The highest BCUT2D eigenvalue weighted by Gasteiger charge is 2.19. The molecule has 0 saturated carbocycles. The van der Waals surface area contributed by atoms with Gasteiger partial charge in [0, 0.05) is 0 Å². The van der Waals surface area contributed by atoms with Crippen LogP contribution in [0.25, 0.3) is 0 Å². The van der Waals surface area contributed by atoms with Crippen molar-refractivity contribution in [3.63, 3.8) is 0 Å². The van der Waals surface area contributed by atoms with Crippen LogP contribution in [0.5, 0.6) is 5.75 Å². The molecule has 1 nitrogen and oxygen atoms in total. The van der Waals surface area contributed by atoms with Gasteiger partial charge in [0.25, 0.3) is 0 Å². The largest absolute Gasteiger partial charge is 0.490 e. The Labute approximate surface area is 86.1 Å². The standard InChI is InChI=1S/C13H18O/c1-10(2)9-12-8-7-11-5-3-4-6-13(11)14-12/h3-6,10,12H,7-9H2,1-2H3. The van der Waals surface area contributed by atoms with Crippen molar-refractivity contribution in [3.8, 4) is 5.75 Å². The van der Waals surface area contributed by atoms with Gasteiger partial charge in [-0.1, -0.05) is 32.0 Å². The van der Waals surface area contributed by atoms with Crippen LogP contribution in [0, 0.1) is 5.92 Å². The lowest BCUT2D eigenvalue weighted by Gasteiger charge is -2.27. The normalized spacial score (nSPS) is 20.4. The van der Waals surface area contributed by atoms with Gasteiger partial charge in [-0.2, -0.15) is 0 Å². The summed E-state index contributed by atoms with van der Waals surface area (Å²) < 4.78 is 5.94. The number of benzene rings is 1. The molecule has 1 aliphatic rings. The van der Waals surface area contributed by atoms with Crippen molar-refractivity contribution in [2.24, 2.45) is 5.92 Å². The topological polar surface area (TPSA) is 9.23 Å². The molecule has 0 radical (unpaired) electrons. The first kappa shape index (κ1) is 9.57. The Hall–Kier alpha value is -0.980. The monoisotopic (exact) mass is 190 g/mol. The van der Waals surface area contributed by atoms with Crippen LogP contribution in [0.15, 0.2) is 24.3 Å². The van der Waals surface area contributed by atoms with Gasteiger partial charge in [-0.15, -0.1) is 0 Å². The summed E-state index contributed by atoms with van der Waals surface area (Å²) in [4.78, 5) is 0. The summed E-state index contributed by atoms with van der Waals surface area (Å²) in [5.41, 5.74) is 1.37.